The van der Waals surface area contributed by atoms with Crippen molar-refractivity contribution >= 4 is 17.5 Å². The van der Waals surface area contributed by atoms with Crippen molar-refractivity contribution in [3.8, 4) is 0 Å². The Kier molecular flexibility index (Phi) is 4.55. The Bertz CT molecular complexity index is 696. The normalized spacial score (nSPS) is 16.2. The molecule has 0 unspecified atom stereocenters. The van der Waals surface area contributed by atoms with E-state index < -0.39 is 11.7 Å². The Labute approximate surface area is 137 Å². The standard InChI is InChI=1S/C16H18F3N5/c1-11-6-8-24(9-7-11)14-10-20-23-15(22-14)21-13-5-3-2-4-12(13)16(17,18)19/h2-5,10-11H,6-9H2,1H3,(H,21,22,23). The monoisotopic (exact) mass is 337 g/mol. The summed E-state index contributed by atoms with van der Waals surface area (Å²) in [7, 11) is 0. The number of para-hydroxylation sites is 1. The lowest BCUT2D eigenvalue weighted by Crippen LogP contribution is -2.33. The van der Waals surface area contributed by atoms with E-state index in [1.165, 1.54) is 24.4 Å². The van der Waals surface area contributed by atoms with Gasteiger partial charge in [0.1, 0.15) is 0 Å². The predicted molar refractivity (Wildman–Crippen MR) is 85.2 cm³/mol. The van der Waals surface area contributed by atoms with Crippen LogP contribution < -0.4 is 10.2 Å². The molecule has 1 N–H and O–H groups in total. The molecule has 2 aromatic rings. The van der Waals surface area contributed by atoms with Gasteiger partial charge < -0.3 is 10.2 Å². The van der Waals surface area contributed by atoms with E-state index >= 15 is 0 Å². The minimum Gasteiger partial charge on any atom is -0.355 e. The second-order valence-electron chi connectivity index (χ2n) is 5.98. The largest absolute Gasteiger partial charge is 0.418 e. The number of nitrogens with zero attached hydrogens (tertiary/aromatic N) is 4. The van der Waals surface area contributed by atoms with Crippen molar-refractivity contribution in [1.29, 1.82) is 0 Å². The first-order valence-electron chi connectivity index (χ1n) is 7.81. The van der Waals surface area contributed by atoms with E-state index in [1.807, 2.05) is 0 Å². The molecule has 0 atom stereocenters. The van der Waals surface area contributed by atoms with Gasteiger partial charge in [0.2, 0.25) is 5.95 Å². The molecule has 0 spiro atoms. The molecular weight excluding hydrogens is 319 g/mol. The van der Waals surface area contributed by atoms with Crippen LogP contribution in [-0.4, -0.2) is 28.3 Å². The molecule has 1 saturated heterocycles. The van der Waals surface area contributed by atoms with Crippen LogP contribution >= 0.6 is 0 Å². The predicted octanol–water partition coefficient (Wildman–Crippen LogP) is 3.87. The van der Waals surface area contributed by atoms with Crippen molar-refractivity contribution < 1.29 is 13.2 Å². The zero-order chi connectivity index (χ0) is 17.2. The summed E-state index contributed by atoms with van der Waals surface area (Å²) in [5.41, 5.74) is -0.845. The highest BCUT2D eigenvalue weighted by Crippen LogP contribution is 2.35. The first-order valence-corrected chi connectivity index (χ1v) is 7.81. The maximum absolute atomic E-state index is 13.1. The molecule has 3 rings (SSSR count). The van der Waals surface area contributed by atoms with Crippen LogP contribution in [0, 0.1) is 5.92 Å². The van der Waals surface area contributed by atoms with Crippen LogP contribution in [0.5, 0.6) is 0 Å². The molecule has 0 saturated carbocycles. The van der Waals surface area contributed by atoms with Crippen molar-refractivity contribution in [1.82, 2.24) is 15.2 Å². The van der Waals surface area contributed by atoms with E-state index in [4.69, 9.17) is 0 Å². The molecule has 2 heterocycles. The number of aromatic nitrogens is 3. The summed E-state index contributed by atoms with van der Waals surface area (Å²) in [6, 6.07) is 5.24. The molecule has 1 aromatic carbocycles. The minimum atomic E-state index is -4.45. The van der Waals surface area contributed by atoms with E-state index in [1.54, 1.807) is 0 Å². The van der Waals surface area contributed by atoms with Crippen LogP contribution in [-0.2, 0) is 6.18 Å². The molecule has 0 amide bonds. The zero-order valence-corrected chi connectivity index (χ0v) is 13.2. The average Bonchev–Trinajstić information content (AvgIpc) is 2.55. The lowest BCUT2D eigenvalue weighted by Gasteiger charge is -2.30. The Hall–Kier alpha value is -2.38. The zero-order valence-electron chi connectivity index (χ0n) is 13.2. The number of hydrogen-bond donors (Lipinski definition) is 1. The molecule has 24 heavy (non-hydrogen) atoms. The van der Waals surface area contributed by atoms with Crippen LogP contribution in [0.2, 0.25) is 0 Å². The molecule has 1 aromatic heterocycles. The maximum Gasteiger partial charge on any atom is 0.418 e. The number of anilines is 3. The van der Waals surface area contributed by atoms with Gasteiger partial charge in [-0.2, -0.15) is 23.3 Å². The molecule has 1 fully saturated rings. The SMILES string of the molecule is CC1CCN(c2cnnc(Nc3ccccc3C(F)(F)F)n2)CC1. The van der Waals surface area contributed by atoms with Gasteiger partial charge in [0.25, 0.3) is 0 Å². The molecule has 5 nitrogen and oxygen atoms in total. The van der Waals surface area contributed by atoms with Crippen LogP contribution in [0.25, 0.3) is 0 Å². The van der Waals surface area contributed by atoms with E-state index in [9.17, 15) is 13.2 Å². The Balaban J connectivity index is 1.81. The van der Waals surface area contributed by atoms with Crippen molar-refractivity contribution in [3.05, 3.63) is 36.0 Å². The quantitative estimate of drug-likeness (QED) is 0.921. The summed E-state index contributed by atoms with van der Waals surface area (Å²) in [5, 5.41) is 10.3. The Morgan fingerprint density at radius 1 is 1.17 bits per heavy atom. The van der Waals surface area contributed by atoms with E-state index in [0.29, 0.717) is 11.7 Å². The van der Waals surface area contributed by atoms with Crippen LogP contribution in [0.15, 0.2) is 30.5 Å². The molecule has 128 valence electrons. The Morgan fingerprint density at radius 3 is 2.58 bits per heavy atom. The van der Waals surface area contributed by atoms with Gasteiger partial charge in [-0.3, -0.25) is 0 Å². The highest BCUT2D eigenvalue weighted by Gasteiger charge is 2.33. The third-order valence-corrected chi connectivity index (χ3v) is 4.13. The lowest BCUT2D eigenvalue weighted by molar-refractivity contribution is -0.136. The van der Waals surface area contributed by atoms with Crippen molar-refractivity contribution in [2.24, 2.45) is 5.92 Å². The molecule has 1 aliphatic rings. The summed E-state index contributed by atoms with van der Waals surface area (Å²) >= 11 is 0. The van der Waals surface area contributed by atoms with E-state index in [0.717, 1.165) is 32.0 Å². The summed E-state index contributed by atoms with van der Waals surface area (Å²) in [6.07, 6.45) is -0.790. The summed E-state index contributed by atoms with van der Waals surface area (Å²) < 4.78 is 39.2. The minimum absolute atomic E-state index is 0.0582. The van der Waals surface area contributed by atoms with Gasteiger partial charge in [-0.25, -0.2) is 0 Å². The highest BCUT2D eigenvalue weighted by atomic mass is 19.4. The first-order chi connectivity index (χ1) is 11.4. The number of alkyl halides is 3. The highest BCUT2D eigenvalue weighted by molar-refractivity contribution is 5.60. The fraction of sp³-hybridized carbons (Fsp3) is 0.438. The molecule has 0 radical (unpaired) electrons. The smallest absolute Gasteiger partial charge is 0.355 e. The molecule has 0 bridgehead atoms. The van der Waals surface area contributed by atoms with Gasteiger partial charge in [-0.1, -0.05) is 19.1 Å². The van der Waals surface area contributed by atoms with Gasteiger partial charge in [-0.05, 0) is 30.9 Å². The van der Waals surface area contributed by atoms with E-state index in [2.05, 4.69) is 32.3 Å². The molecular formula is C16H18F3N5. The van der Waals surface area contributed by atoms with Crippen molar-refractivity contribution in [3.63, 3.8) is 0 Å². The number of benzene rings is 1. The van der Waals surface area contributed by atoms with E-state index in [-0.39, 0.29) is 11.6 Å². The topological polar surface area (TPSA) is 53.9 Å². The fourth-order valence-corrected chi connectivity index (χ4v) is 2.70. The lowest BCUT2D eigenvalue weighted by atomic mass is 9.99. The van der Waals surface area contributed by atoms with Gasteiger partial charge in [0, 0.05) is 13.1 Å². The Morgan fingerprint density at radius 2 is 1.88 bits per heavy atom. The molecule has 1 aliphatic heterocycles. The molecule has 0 aliphatic carbocycles. The van der Waals surface area contributed by atoms with Crippen LogP contribution in [0.4, 0.5) is 30.6 Å². The second-order valence-corrected chi connectivity index (χ2v) is 5.98. The van der Waals surface area contributed by atoms with Gasteiger partial charge >= 0.3 is 6.18 Å². The average molecular weight is 337 g/mol. The summed E-state index contributed by atoms with van der Waals surface area (Å²) in [6.45, 7) is 3.92. The first kappa shape index (κ1) is 16.5. The number of halogens is 3. The van der Waals surface area contributed by atoms with Crippen molar-refractivity contribution in [2.45, 2.75) is 25.9 Å². The van der Waals surface area contributed by atoms with Crippen molar-refractivity contribution in [2.75, 3.05) is 23.3 Å². The van der Waals surface area contributed by atoms with Gasteiger partial charge in [-0.15, -0.1) is 5.10 Å². The number of piperidine rings is 1. The number of rotatable bonds is 3. The second kappa shape index (κ2) is 6.62. The summed E-state index contributed by atoms with van der Waals surface area (Å²) in [5.74, 6) is 1.36. The summed E-state index contributed by atoms with van der Waals surface area (Å²) in [4.78, 5) is 6.39. The third kappa shape index (κ3) is 3.74. The van der Waals surface area contributed by atoms with Crippen LogP contribution in [0.1, 0.15) is 25.3 Å². The maximum atomic E-state index is 13.1. The van der Waals surface area contributed by atoms with Gasteiger partial charge in [0.15, 0.2) is 5.82 Å². The van der Waals surface area contributed by atoms with Crippen LogP contribution in [0.3, 0.4) is 0 Å². The molecule has 8 heteroatoms. The third-order valence-electron chi connectivity index (χ3n) is 4.13. The number of hydrogen-bond acceptors (Lipinski definition) is 5. The van der Waals surface area contributed by atoms with Gasteiger partial charge in [0.05, 0.1) is 17.4 Å². The number of nitrogens with one attached hydrogen (secondary N) is 1. The fourth-order valence-electron chi connectivity index (χ4n) is 2.70.